The van der Waals surface area contributed by atoms with Crippen LogP contribution in [0.5, 0.6) is 0 Å². The molecule has 0 aliphatic heterocycles. The van der Waals surface area contributed by atoms with Crippen LogP contribution in [0.25, 0.3) is 0 Å². The molecule has 1 heterocycles. The molecule has 0 bridgehead atoms. The highest BCUT2D eigenvalue weighted by atomic mass is 79.9. The zero-order chi connectivity index (χ0) is 11.3. The van der Waals surface area contributed by atoms with E-state index in [2.05, 4.69) is 31.4 Å². The summed E-state index contributed by atoms with van der Waals surface area (Å²) in [4.78, 5) is 3.42. The van der Waals surface area contributed by atoms with Gasteiger partial charge in [0.05, 0.1) is 0 Å². The molecule has 4 nitrogen and oxygen atoms in total. The molecule has 3 N–H and O–H groups in total. The van der Waals surface area contributed by atoms with E-state index in [-0.39, 0.29) is 5.84 Å². The van der Waals surface area contributed by atoms with E-state index in [0.717, 1.165) is 17.6 Å². The Morgan fingerprint density at radius 1 is 1.73 bits per heavy atom. The van der Waals surface area contributed by atoms with Crippen LogP contribution in [0.15, 0.2) is 21.1 Å². The van der Waals surface area contributed by atoms with Gasteiger partial charge >= 0.3 is 0 Å². The third-order valence-corrected chi connectivity index (χ3v) is 3.89. The van der Waals surface area contributed by atoms with Gasteiger partial charge in [-0.25, -0.2) is 0 Å². The lowest BCUT2D eigenvalue weighted by Gasteiger charge is -2.15. The number of thiophene rings is 1. The standard InChI is InChI=1S/C9H14BrN3OS/c1-13(4-2-9(11)12-14)6-8-7(10)3-5-15-8/h3,5,14H,2,4,6H2,1H3,(H2,11,12). The van der Waals surface area contributed by atoms with Crippen molar-refractivity contribution in [2.75, 3.05) is 13.6 Å². The fourth-order valence-corrected chi connectivity index (χ4v) is 2.67. The van der Waals surface area contributed by atoms with Gasteiger partial charge in [-0.2, -0.15) is 0 Å². The maximum Gasteiger partial charge on any atom is 0.140 e. The Hall–Kier alpha value is -0.590. The summed E-state index contributed by atoms with van der Waals surface area (Å²) in [5.74, 6) is 0.270. The van der Waals surface area contributed by atoms with Gasteiger partial charge in [-0.3, -0.25) is 0 Å². The van der Waals surface area contributed by atoms with Crippen LogP contribution in [0.3, 0.4) is 0 Å². The molecule has 0 fully saturated rings. The predicted molar refractivity (Wildman–Crippen MR) is 66.4 cm³/mol. The molecule has 84 valence electrons. The molecule has 6 heteroatoms. The Morgan fingerprint density at radius 2 is 2.47 bits per heavy atom. The van der Waals surface area contributed by atoms with Crippen LogP contribution in [0.2, 0.25) is 0 Å². The van der Waals surface area contributed by atoms with Crippen molar-refractivity contribution in [1.29, 1.82) is 0 Å². The molecule has 0 saturated heterocycles. The summed E-state index contributed by atoms with van der Waals surface area (Å²) in [6.45, 7) is 1.65. The molecular weight excluding hydrogens is 278 g/mol. The molecule has 0 unspecified atom stereocenters. The van der Waals surface area contributed by atoms with E-state index in [4.69, 9.17) is 10.9 Å². The van der Waals surface area contributed by atoms with Crippen molar-refractivity contribution in [2.45, 2.75) is 13.0 Å². The lowest BCUT2D eigenvalue weighted by atomic mass is 10.3. The zero-order valence-electron chi connectivity index (χ0n) is 8.48. The van der Waals surface area contributed by atoms with Crippen molar-refractivity contribution in [3.63, 3.8) is 0 Å². The lowest BCUT2D eigenvalue weighted by molar-refractivity contribution is 0.310. The van der Waals surface area contributed by atoms with Crippen molar-refractivity contribution in [3.05, 3.63) is 20.8 Å². The molecule has 1 aromatic heterocycles. The predicted octanol–water partition coefficient (Wildman–Crippen LogP) is 2.08. The number of amidine groups is 1. The Kier molecular flexibility index (Phi) is 5.07. The molecule has 0 radical (unpaired) electrons. The molecule has 1 rings (SSSR count). The van der Waals surface area contributed by atoms with Gasteiger partial charge < -0.3 is 15.8 Å². The molecule has 0 atom stereocenters. The van der Waals surface area contributed by atoms with E-state index in [9.17, 15) is 0 Å². The molecule has 0 saturated carbocycles. The third-order valence-electron chi connectivity index (χ3n) is 1.98. The Morgan fingerprint density at radius 3 is 3.00 bits per heavy atom. The van der Waals surface area contributed by atoms with Gasteiger partial charge in [0.25, 0.3) is 0 Å². The monoisotopic (exact) mass is 291 g/mol. The average molecular weight is 292 g/mol. The van der Waals surface area contributed by atoms with E-state index in [1.165, 1.54) is 4.88 Å². The Labute approximate surface area is 102 Å². The van der Waals surface area contributed by atoms with Crippen LogP contribution in [0, 0.1) is 0 Å². The fourth-order valence-electron chi connectivity index (χ4n) is 1.12. The van der Waals surface area contributed by atoms with Gasteiger partial charge in [0.1, 0.15) is 5.84 Å². The van der Waals surface area contributed by atoms with Crippen molar-refractivity contribution in [1.82, 2.24) is 4.90 Å². The highest BCUT2D eigenvalue weighted by Crippen LogP contribution is 2.23. The molecule has 1 aromatic rings. The summed E-state index contributed by atoms with van der Waals surface area (Å²) < 4.78 is 1.14. The van der Waals surface area contributed by atoms with Crippen molar-refractivity contribution < 1.29 is 5.21 Å². The Balaban J connectivity index is 2.37. The molecule has 0 aromatic carbocycles. The fraction of sp³-hybridized carbons (Fsp3) is 0.444. The van der Waals surface area contributed by atoms with Crippen molar-refractivity contribution in [3.8, 4) is 0 Å². The molecule has 0 spiro atoms. The number of oxime groups is 1. The number of hydrogen-bond donors (Lipinski definition) is 2. The van der Waals surface area contributed by atoms with E-state index in [1.54, 1.807) is 11.3 Å². The normalized spacial score (nSPS) is 12.3. The maximum atomic E-state index is 8.39. The van der Waals surface area contributed by atoms with Gasteiger partial charge in [0, 0.05) is 28.9 Å². The topological polar surface area (TPSA) is 61.8 Å². The van der Waals surface area contributed by atoms with Gasteiger partial charge in [-0.05, 0) is 34.4 Å². The second-order valence-corrected chi connectivity index (χ2v) is 5.13. The maximum absolute atomic E-state index is 8.39. The molecular formula is C9H14BrN3OS. The lowest BCUT2D eigenvalue weighted by Crippen LogP contribution is -2.24. The van der Waals surface area contributed by atoms with E-state index in [1.807, 2.05) is 13.1 Å². The zero-order valence-corrected chi connectivity index (χ0v) is 10.9. The summed E-state index contributed by atoms with van der Waals surface area (Å²) in [5.41, 5.74) is 5.39. The third kappa shape index (κ3) is 4.19. The summed E-state index contributed by atoms with van der Waals surface area (Å²) in [6.07, 6.45) is 0.579. The van der Waals surface area contributed by atoms with Crippen LogP contribution >= 0.6 is 27.3 Å². The number of halogens is 1. The first-order valence-corrected chi connectivity index (χ1v) is 6.17. The minimum absolute atomic E-state index is 0.270. The second-order valence-electron chi connectivity index (χ2n) is 3.27. The average Bonchev–Trinajstić information content (AvgIpc) is 2.61. The van der Waals surface area contributed by atoms with Gasteiger partial charge in [-0.15, -0.1) is 11.3 Å². The molecule has 15 heavy (non-hydrogen) atoms. The number of rotatable bonds is 5. The summed E-state index contributed by atoms with van der Waals surface area (Å²) in [7, 11) is 2.01. The van der Waals surface area contributed by atoms with Crippen LogP contribution in [-0.2, 0) is 6.54 Å². The number of nitrogens with zero attached hydrogens (tertiary/aromatic N) is 2. The highest BCUT2D eigenvalue weighted by molar-refractivity contribution is 9.10. The SMILES string of the molecule is CN(CCC(N)=NO)Cc1sccc1Br. The van der Waals surface area contributed by atoms with E-state index in [0.29, 0.717) is 6.42 Å². The van der Waals surface area contributed by atoms with Gasteiger partial charge in [0.2, 0.25) is 0 Å². The van der Waals surface area contributed by atoms with Gasteiger partial charge in [-0.1, -0.05) is 5.16 Å². The highest BCUT2D eigenvalue weighted by Gasteiger charge is 2.05. The van der Waals surface area contributed by atoms with E-state index >= 15 is 0 Å². The quantitative estimate of drug-likeness (QED) is 0.378. The second kappa shape index (κ2) is 6.09. The smallest absolute Gasteiger partial charge is 0.140 e. The van der Waals surface area contributed by atoms with Crippen molar-refractivity contribution in [2.24, 2.45) is 10.9 Å². The van der Waals surface area contributed by atoms with Crippen LogP contribution in [0.1, 0.15) is 11.3 Å². The summed E-state index contributed by atoms with van der Waals surface area (Å²) in [5, 5.41) is 13.4. The first-order chi connectivity index (χ1) is 7.13. The number of nitrogens with two attached hydrogens (primary N) is 1. The van der Waals surface area contributed by atoms with Crippen LogP contribution in [0.4, 0.5) is 0 Å². The minimum Gasteiger partial charge on any atom is -0.409 e. The molecule has 0 aliphatic rings. The first kappa shape index (κ1) is 12.5. The van der Waals surface area contributed by atoms with Crippen LogP contribution < -0.4 is 5.73 Å². The summed E-state index contributed by atoms with van der Waals surface area (Å²) >= 11 is 5.20. The van der Waals surface area contributed by atoms with E-state index < -0.39 is 0 Å². The van der Waals surface area contributed by atoms with Crippen LogP contribution in [-0.4, -0.2) is 29.5 Å². The minimum atomic E-state index is 0.270. The Bertz CT molecular complexity index is 340. The number of hydrogen-bond acceptors (Lipinski definition) is 4. The summed E-state index contributed by atoms with van der Waals surface area (Å²) in [6, 6.07) is 2.04. The van der Waals surface area contributed by atoms with Crippen molar-refractivity contribution >= 4 is 33.1 Å². The molecule has 0 aliphatic carbocycles. The molecule has 0 amide bonds. The van der Waals surface area contributed by atoms with Gasteiger partial charge in [0.15, 0.2) is 0 Å². The largest absolute Gasteiger partial charge is 0.409 e. The first-order valence-electron chi connectivity index (χ1n) is 4.50.